The van der Waals surface area contributed by atoms with E-state index in [9.17, 15) is 9.18 Å². The quantitative estimate of drug-likeness (QED) is 0.505. The second-order valence-electron chi connectivity index (χ2n) is 8.37. The Labute approximate surface area is 193 Å². The Hall–Kier alpha value is -3.74. The van der Waals surface area contributed by atoms with Gasteiger partial charge in [-0.1, -0.05) is 29.3 Å². The molecule has 0 spiro atoms. The first-order valence-electron chi connectivity index (χ1n) is 11.0. The molecule has 0 bridgehead atoms. The molecule has 0 radical (unpaired) electrons. The highest BCUT2D eigenvalue weighted by molar-refractivity contribution is 5.96. The van der Waals surface area contributed by atoms with Crippen molar-refractivity contribution in [1.82, 2.24) is 20.9 Å². The number of rotatable bonds is 6. The molecule has 0 fully saturated rings. The van der Waals surface area contributed by atoms with E-state index in [0.717, 1.165) is 52.4 Å². The molecule has 170 valence electrons. The zero-order chi connectivity index (χ0) is 23.4. The number of benzene rings is 2. The first-order chi connectivity index (χ1) is 15.9. The highest BCUT2D eigenvalue weighted by Gasteiger charge is 2.13. The SMILES string of the molecule is Cc1cc(C)cc(CNC(=O)c2cc(CNC3=NCCN3)cc(-c3ccc(F)nc3C)c2)c1. The van der Waals surface area contributed by atoms with Crippen LogP contribution >= 0.6 is 0 Å². The third-order valence-corrected chi connectivity index (χ3v) is 5.49. The molecular weight excluding hydrogens is 417 g/mol. The second-order valence-corrected chi connectivity index (χ2v) is 8.37. The first-order valence-corrected chi connectivity index (χ1v) is 11.0. The van der Waals surface area contributed by atoms with Crippen molar-refractivity contribution in [2.24, 2.45) is 4.99 Å². The van der Waals surface area contributed by atoms with E-state index in [2.05, 4.69) is 44.1 Å². The van der Waals surface area contributed by atoms with Crippen LogP contribution in [0.25, 0.3) is 11.1 Å². The predicted octanol–water partition coefficient (Wildman–Crippen LogP) is 3.79. The molecule has 0 saturated heterocycles. The summed E-state index contributed by atoms with van der Waals surface area (Å²) in [7, 11) is 0. The van der Waals surface area contributed by atoms with Crippen molar-refractivity contribution in [2.45, 2.75) is 33.9 Å². The molecule has 33 heavy (non-hydrogen) atoms. The molecule has 0 atom stereocenters. The molecule has 2 aromatic carbocycles. The van der Waals surface area contributed by atoms with E-state index in [1.807, 2.05) is 32.0 Å². The van der Waals surface area contributed by atoms with Crippen LogP contribution < -0.4 is 16.0 Å². The van der Waals surface area contributed by atoms with Crippen LogP contribution in [0, 0.1) is 26.7 Å². The molecule has 6 nitrogen and oxygen atoms in total. The van der Waals surface area contributed by atoms with Gasteiger partial charge in [-0.3, -0.25) is 9.79 Å². The Morgan fingerprint density at radius 3 is 2.45 bits per heavy atom. The zero-order valence-electron chi connectivity index (χ0n) is 19.1. The van der Waals surface area contributed by atoms with Crippen LogP contribution in [0.5, 0.6) is 0 Å². The third kappa shape index (κ3) is 5.74. The molecule has 1 aromatic heterocycles. The number of nitrogens with zero attached hydrogens (tertiary/aromatic N) is 2. The fraction of sp³-hybridized carbons (Fsp3) is 0.269. The minimum atomic E-state index is -0.522. The summed E-state index contributed by atoms with van der Waals surface area (Å²) in [6.45, 7) is 8.36. The van der Waals surface area contributed by atoms with Crippen molar-refractivity contribution in [1.29, 1.82) is 0 Å². The van der Waals surface area contributed by atoms with Gasteiger partial charge in [-0.25, -0.2) is 4.98 Å². The number of aliphatic imine (C=N–C) groups is 1. The number of aromatic nitrogens is 1. The van der Waals surface area contributed by atoms with Gasteiger partial charge in [0.2, 0.25) is 5.95 Å². The normalized spacial score (nSPS) is 12.8. The number of hydrogen-bond donors (Lipinski definition) is 3. The summed E-state index contributed by atoms with van der Waals surface area (Å²) in [6, 6.07) is 15.0. The monoisotopic (exact) mass is 445 g/mol. The van der Waals surface area contributed by atoms with Crippen molar-refractivity contribution < 1.29 is 9.18 Å². The molecule has 4 rings (SSSR count). The second kappa shape index (κ2) is 9.81. The summed E-state index contributed by atoms with van der Waals surface area (Å²) in [5.74, 6) is 0.0629. The van der Waals surface area contributed by atoms with Gasteiger partial charge in [0.05, 0.1) is 6.54 Å². The molecule has 2 heterocycles. The van der Waals surface area contributed by atoms with E-state index in [4.69, 9.17) is 0 Å². The highest BCUT2D eigenvalue weighted by Crippen LogP contribution is 2.25. The van der Waals surface area contributed by atoms with Crippen LogP contribution in [0.15, 0.2) is 53.5 Å². The van der Waals surface area contributed by atoms with Gasteiger partial charge < -0.3 is 16.0 Å². The van der Waals surface area contributed by atoms with Crippen LogP contribution in [0.3, 0.4) is 0 Å². The summed E-state index contributed by atoms with van der Waals surface area (Å²) in [4.78, 5) is 21.4. The lowest BCUT2D eigenvalue weighted by atomic mass is 9.98. The van der Waals surface area contributed by atoms with E-state index in [1.54, 1.807) is 13.0 Å². The van der Waals surface area contributed by atoms with Crippen LogP contribution in [0.2, 0.25) is 0 Å². The van der Waals surface area contributed by atoms with E-state index in [1.165, 1.54) is 6.07 Å². The number of halogens is 1. The summed E-state index contributed by atoms with van der Waals surface area (Å²) in [5, 5.41) is 9.48. The van der Waals surface area contributed by atoms with Crippen LogP contribution in [0.4, 0.5) is 4.39 Å². The number of carbonyl (C=O) groups is 1. The van der Waals surface area contributed by atoms with Crippen LogP contribution in [-0.2, 0) is 13.1 Å². The Morgan fingerprint density at radius 2 is 1.76 bits per heavy atom. The average Bonchev–Trinajstić information content (AvgIpc) is 3.29. The maximum atomic E-state index is 13.6. The van der Waals surface area contributed by atoms with Gasteiger partial charge in [0, 0.05) is 36.5 Å². The minimum Gasteiger partial charge on any atom is -0.355 e. The highest BCUT2D eigenvalue weighted by atomic mass is 19.1. The number of pyridine rings is 1. The number of nitrogens with one attached hydrogen (secondary N) is 3. The topological polar surface area (TPSA) is 78.4 Å². The third-order valence-electron chi connectivity index (χ3n) is 5.49. The lowest BCUT2D eigenvalue weighted by Crippen LogP contribution is -2.33. The van der Waals surface area contributed by atoms with E-state index in [-0.39, 0.29) is 5.91 Å². The van der Waals surface area contributed by atoms with E-state index in [0.29, 0.717) is 24.3 Å². The fourth-order valence-electron chi connectivity index (χ4n) is 4.07. The fourth-order valence-corrected chi connectivity index (χ4v) is 4.07. The zero-order valence-corrected chi connectivity index (χ0v) is 19.1. The first kappa shape index (κ1) is 22.5. The van der Waals surface area contributed by atoms with Crippen molar-refractivity contribution in [3.05, 3.63) is 88.0 Å². The van der Waals surface area contributed by atoms with Crippen LogP contribution in [0.1, 0.15) is 38.3 Å². The standard InChI is InChI=1S/C26H28FN5O/c1-16-8-17(2)10-19(9-16)14-30-25(33)22-12-20(15-31-26-28-6-7-29-26)11-21(13-22)23-4-5-24(27)32-18(23)3/h4-5,8-13H,6-7,14-15H2,1-3H3,(H,30,33)(H2,28,29,31). The number of hydrogen-bond acceptors (Lipinski definition) is 5. The molecular formula is C26H28FN5O. The average molecular weight is 446 g/mol. The van der Waals surface area contributed by atoms with E-state index >= 15 is 0 Å². The van der Waals surface area contributed by atoms with Gasteiger partial charge in [-0.05, 0) is 67.8 Å². The molecule has 3 aromatic rings. The molecule has 1 amide bonds. The number of guanidine groups is 1. The molecule has 1 aliphatic rings. The van der Waals surface area contributed by atoms with Gasteiger partial charge in [0.1, 0.15) is 0 Å². The van der Waals surface area contributed by atoms with Crippen molar-refractivity contribution >= 4 is 11.9 Å². The Morgan fingerprint density at radius 1 is 1.00 bits per heavy atom. The summed E-state index contributed by atoms with van der Waals surface area (Å²) in [5.41, 5.74) is 7.03. The molecule has 0 saturated carbocycles. The van der Waals surface area contributed by atoms with Crippen molar-refractivity contribution in [3.8, 4) is 11.1 Å². The lowest BCUT2D eigenvalue weighted by molar-refractivity contribution is 0.0951. The lowest BCUT2D eigenvalue weighted by Gasteiger charge is -2.13. The van der Waals surface area contributed by atoms with Gasteiger partial charge >= 0.3 is 0 Å². The smallest absolute Gasteiger partial charge is 0.251 e. The number of amides is 1. The van der Waals surface area contributed by atoms with Crippen molar-refractivity contribution in [2.75, 3.05) is 13.1 Å². The Kier molecular flexibility index (Phi) is 6.68. The van der Waals surface area contributed by atoms with Crippen molar-refractivity contribution in [3.63, 3.8) is 0 Å². The molecule has 1 aliphatic heterocycles. The summed E-state index contributed by atoms with van der Waals surface area (Å²) < 4.78 is 13.6. The molecule has 0 aliphatic carbocycles. The summed E-state index contributed by atoms with van der Waals surface area (Å²) in [6.07, 6.45) is 0. The minimum absolute atomic E-state index is 0.165. The number of aryl methyl sites for hydroxylation is 3. The van der Waals surface area contributed by atoms with E-state index < -0.39 is 5.95 Å². The Bertz CT molecular complexity index is 1200. The van der Waals surface area contributed by atoms with Crippen LogP contribution in [-0.4, -0.2) is 29.9 Å². The number of carbonyl (C=O) groups excluding carboxylic acids is 1. The Balaban J connectivity index is 1.60. The largest absolute Gasteiger partial charge is 0.355 e. The van der Waals surface area contributed by atoms with Gasteiger partial charge in [-0.2, -0.15) is 4.39 Å². The predicted molar refractivity (Wildman–Crippen MR) is 129 cm³/mol. The molecule has 0 unspecified atom stereocenters. The van der Waals surface area contributed by atoms with Gasteiger partial charge in [0.25, 0.3) is 5.91 Å². The van der Waals surface area contributed by atoms with Gasteiger partial charge in [0.15, 0.2) is 5.96 Å². The maximum Gasteiger partial charge on any atom is 0.251 e. The van der Waals surface area contributed by atoms with Gasteiger partial charge in [-0.15, -0.1) is 0 Å². The summed E-state index contributed by atoms with van der Waals surface area (Å²) >= 11 is 0. The maximum absolute atomic E-state index is 13.6. The molecule has 7 heteroatoms. The molecule has 3 N–H and O–H groups in total.